The number of benzene rings is 1. The van der Waals surface area contributed by atoms with Crippen molar-refractivity contribution in [2.45, 2.75) is 0 Å². The van der Waals surface area contributed by atoms with E-state index in [2.05, 4.69) is 21.2 Å². The number of hydrogen-bond donors (Lipinski definition) is 0. The van der Waals surface area contributed by atoms with E-state index in [0.717, 1.165) is 39.4 Å². The number of carbonyl (C=O) groups is 1. The van der Waals surface area contributed by atoms with Crippen LogP contribution in [0.4, 0.5) is 10.8 Å². The summed E-state index contributed by atoms with van der Waals surface area (Å²) < 4.78 is 0. The number of amides is 1. The molecule has 0 saturated carbocycles. The predicted octanol–water partition coefficient (Wildman–Crippen LogP) is 3.30. The topological polar surface area (TPSA) is 52.6 Å². The first-order valence-corrected chi connectivity index (χ1v) is 10.5. The maximum Gasteiger partial charge on any atom is 0.253 e. The van der Waals surface area contributed by atoms with Crippen molar-refractivity contribution in [1.82, 2.24) is 15.1 Å². The molecule has 1 amide bonds. The van der Waals surface area contributed by atoms with Gasteiger partial charge in [-0.2, -0.15) is 0 Å². The van der Waals surface area contributed by atoms with Crippen molar-refractivity contribution >= 4 is 39.4 Å². The Balaban J connectivity index is 1.38. The lowest BCUT2D eigenvalue weighted by atomic mass is 10.1. The largest absolute Gasteiger partial charge is 0.378 e. The number of nitrogens with zero attached hydrogens (tertiary/aromatic N) is 5. The van der Waals surface area contributed by atoms with Crippen LogP contribution >= 0.6 is 22.7 Å². The molecular formula is C19H21N5OS2. The number of thiophene rings is 1. The van der Waals surface area contributed by atoms with Gasteiger partial charge in [0.25, 0.3) is 5.91 Å². The molecule has 1 aliphatic heterocycles. The van der Waals surface area contributed by atoms with E-state index >= 15 is 0 Å². The molecule has 0 unspecified atom stereocenters. The van der Waals surface area contributed by atoms with E-state index in [1.807, 2.05) is 59.6 Å². The molecule has 1 aliphatic rings. The summed E-state index contributed by atoms with van der Waals surface area (Å²) in [5.74, 6) is 0.0940. The van der Waals surface area contributed by atoms with Crippen LogP contribution in [0.2, 0.25) is 0 Å². The molecule has 3 aromatic rings. The fourth-order valence-corrected chi connectivity index (χ4v) is 4.72. The van der Waals surface area contributed by atoms with E-state index in [9.17, 15) is 4.79 Å². The highest BCUT2D eigenvalue weighted by Gasteiger charge is 2.24. The number of anilines is 2. The van der Waals surface area contributed by atoms with Gasteiger partial charge >= 0.3 is 0 Å². The van der Waals surface area contributed by atoms with Gasteiger partial charge < -0.3 is 14.7 Å². The predicted molar refractivity (Wildman–Crippen MR) is 112 cm³/mol. The molecule has 27 heavy (non-hydrogen) atoms. The van der Waals surface area contributed by atoms with E-state index in [1.54, 1.807) is 22.7 Å². The number of aromatic nitrogens is 2. The Morgan fingerprint density at radius 2 is 1.78 bits per heavy atom. The van der Waals surface area contributed by atoms with Gasteiger partial charge in [0.05, 0.1) is 4.88 Å². The van der Waals surface area contributed by atoms with E-state index in [1.165, 1.54) is 0 Å². The summed E-state index contributed by atoms with van der Waals surface area (Å²) in [6, 6.07) is 11.9. The fraction of sp³-hybridized carbons (Fsp3) is 0.316. The van der Waals surface area contributed by atoms with Crippen LogP contribution in [-0.2, 0) is 0 Å². The molecule has 1 saturated heterocycles. The summed E-state index contributed by atoms with van der Waals surface area (Å²) in [5, 5.41) is 12.6. The summed E-state index contributed by atoms with van der Waals surface area (Å²) in [4.78, 5) is 20.1. The third kappa shape index (κ3) is 3.81. The molecule has 0 atom stereocenters. The highest BCUT2D eigenvalue weighted by atomic mass is 32.1. The number of piperazine rings is 1. The molecule has 1 aromatic carbocycles. The van der Waals surface area contributed by atoms with Crippen molar-refractivity contribution in [3.8, 4) is 9.88 Å². The zero-order valence-electron chi connectivity index (χ0n) is 15.3. The van der Waals surface area contributed by atoms with E-state index in [4.69, 9.17) is 0 Å². The molecule has 140 valence electrons. The lowest BCUT2D eigenvalue weighted by molar-refractivity contribution is 0.0747. The van der Waals surface area contributed by atoms with Gasteiger partial charge in [-0.3, -0.25) is 4.79 Å². The minimum Gasteiger partial charge on any atom is -0.378 e. The lowest BCUT2D eigenvalue weighted by Crippen LogP contribution is -2.48. The van der Waals surface area contributed by atoms with Crippen LogP contribution in [0.3, 0.4) is 0 Å². The monoisotopic (exact) mass is 399 g/mol. The van der Waals surface area contributed by atoms with Crippen LogP contribution < -0.4 is 9.80 Å². The minimum atomic E-state index is 0.0940. The van der Waals surface area contributed by atoms with Gasteiger partial charge in [0.2, 0.25) is 5.13 Å². The second-order valence-corrected chi connectivity index (χ2v) is 8.49. The van der Waals surface area contributed by atoms with Gasteiger partial charge in [0.1, 0.15) is 0 Å². The number of rotatable bonds is 4. The van der Waals surface area contributed by atoms with Crippen molar-refractivity contribution < 1.29 is 4.79 Å². The molecule has 0 N–H and O–H groups in total. The Morgan fingerprint density at radius 1 is 1.04 bits per heavy atom. The summed E-state index contributed by atoms with van der Waals surface area (Å²) in [7, 11) is 3.99. The van der Waals surface area contributed by atoms with Crippen LogP contribution in [0.25, 0.3) is 9.88 Å². The van der Waals surface area contributed by atoms with Gasteiger partial charge in [-0.15, -0.1) is 21.5 Å². The first-order chi connectivity index (χ1) is 13.1. The third-order valence-electron chi connectivity index (χ3n) is 4.61. The zero-order valence-corrected chi connectivity index (χ0v) is 17.0. The van der Waals surface area contributed by atoms with E-state index < -0.39 is 0 Å². The van der Waals surface area contributed by atoms with Crippen LogP contribution in [0.1, 0.15) is 10.4 Å². The Labute approximate surface area is 166 Å². The van der Waals surface area contributed by atoms with Gasteiger partial charge in [-0.1, -0.05) is 17.4 Å². The number of hydrogen-bond acceptors (Lipinski definition) is 7. The molecule has 6 nitrogen and oxygen atoms in total. The standard InChI is InChI=1S/C19H21N5OS2/c1-22(2)15-7-5-14(6-8-15)18(25)23-9-11-24(12-10-23)19-21-20-17(27-19)16-4-3-13-26-16/h3-8,13H,9-12H2,1-2H3. The molecule has 3 heterocycles. The quantitative estimate of drug-likeness (QED) is 0.674. The highest BCUT2D eigenvalue weighted by Crippen LogP contribution is 2.31. The van der Waals surface area contributed by atoms with Crippen molar-refractivity contribution in [2.75, 3.05) is 50.1 Å². The van der Waals surface area contributed by atoms with E-state index in [-0.39, 0.29) is 5.91 Å². The van der Waals surface area contributed by atoms with Gasteiger partial charge in [-0.25, -0.2) is 0 Å². The average molecular weight is 400 g/mol. The average Bonchev–Trinajstić information content (AvgIpc) is 3.39. The van der Waals surface area contributed by atoms with Gasteiger partial charge in [-0.05, 0) is 35.7 Å². The fourth-order valence-electron chi connectivity index (χ4n) is 3.03. The Kier molecular flexibility index (Phi) is 5.09. The number of carbonyl (C=O) groups excluding carboxylic acids is 1. The van der Waals surface area contributed by atoms with E-state index in [0.29, 0.717) is 13.1 Å². The molecule has 2 aromatic heterocycles. The molecule has 1 fully saturated rings. The zero-order chi connectivity index (χ0) is 18.8. The maximum absolute atomic E-state index is 12.8. The molecule has 0 spiro atoms. The maximum atomic E-state index is 12.8. The Bertz CT molecular complexity index is 897. The molecule has 0 radical (unpaired) electrons. The third-order valence-corrected chi connectivity index (χ3v) is 6.64. The van der Waals surface area contributed by atoms with Crippen LogP contribution in [0.5, 0.6) is 0 Å². The summed E-state index contributed by atoms with van der Waals surface area (Å²) >= 11 is 3.29. The second kappa shape index (κ2) is 7.66. The van der Waals surface area contributed by atoms with Crippen molar-refractivity contribution in [2.24, 2.45) is 0 Å². The smallest absolute Gasteiger partial charge is 0.253 e. The Morgan fingerprint density at radius 3 is 2.41 bits per heavy atom. The van der Waals surface area contributed by atoms with Crippen LogP contribution in [-0.4, -0.2) is 61.3 Å². The molecule has 0 aliphatic carbocycles. The van der Waals surface area contributed by atoms with Crippen molar-refractivity contribution in [3.05, 3.63) is 47.3 Å². The summed E-state index contributed by atoms with van der Waals surface area (Å²) in [6.45, 7) is 2.95. The van der Waals surface area contributed by atoms with Gasteiger partial charge in [0.15, 0.2) is 5.01 Å². The first-order valence-electron chi connectivity index (χ1n) is 8.81. The van der Waals surface area contributed by atoms with Gasteiger partial charge in [0, 0.05) is 51.5 Å². The molecule has 4 rings (SSSR count). The Hall–Kier alpha value is -2.45. The summed E-state index contributed by atoms with van der Waals surface area (Å²) in [6.07, 6.45) is 0. The van der Waals surface area contributed by atoms with Crippen LogP contribution in [0.15, 0.2) is 41.8 Å². The normalized spacial score (nSPS) is 14.4. The van der Waals surface area contributed by atoms with Crippen molar-refractivity contribution in [1.29, 1.82) is 0 Å². The lowest BCUT2D eigenvalue weighted by Gasteiger charge is -2.34. The molecule has 8 heteroatoms. The first kappa shape index (κ1) is 17.9. The second-order valence-electron chi connectivity index (χ2n) is 6.59. The van der Waals surface area contributed by atoms with Crippen molar-refractivity contribution in [3.63, 3.8) is 0 Å². The minimum absolute atomic E-state index is 0.0940. The highest BCUT2D eigenvalue weighted by molar-refractivity contribution is 7.22. The van der Waals surface area contributed by atoms with Crippen LogP contribution in [0, 0.1) is 0 Å². The SMILES string of the molecule is CN(C)c1ccc(C(=O)N2CCN(c3nnc(-c4cccs4)s3)CC2)cc1. The molecular weight excluding hydrogens is 378 g/mol. The molecule has 0 bridgehead atoms. The summed E-state index contributed by atoms with van der Waals surface area (Å²) in [5.41, 5.74) is 1.83.